The first-order valence-electron chi connectivity index (χ1n) is 11.9. The summed E-state index contributed by atoms with van der Waals surface area (Å²) in [4.78, 5) is 26.9. The van der Waals surface area contributed by atoms with Crippen molar-refractivity contribution < 1.29 is 23.8 Å². The van der Waals surface area contributed by atoms with E-state index in [1.54, 1.807) is 7.11 Å². The summed E-state index contributed by atoms with van der Waals surface area (Å²) in [7, 11) is 1.63. The molecule has 2 amide bonds. The third-order valence-electron chi connectivity index (χ3n) is 5.82. The van der Waals surface area contributed by atoms with Crippen LogP contribution in [0.2, 0.25) is 0 Å². The van der Waals surface area contributed by atoms with Crippen molar-refractivity contribution in [3.8, 4) is 11.5 Å². The molecule has 1 fully saturated rings. The number of carbonyl (C=O) groups is 2. The number of rotatable bonds is 8. The molecule has 3 aromatic rings. The van der Waals surface area contributed by atoms with Gasteiger partial charge in [0.1, 0.15) is 23.1 Å². The van der Waals surface area contributed by atoms with Crippen LogP contribution >= 0.6 is 0 Å². The van der Waals surface area contributed by atoms with Crippen LogP contribution < -0.4 is 14.8 Å². The van der Waals surface area contributed by atoms with Gasteiger partial charge in [0.05, 0.1) is 7.11 Å². The molecule has 1 heterocycles. The highest BCUT2D eigenvalue weighted by molar-refractivity contribution is 5.89. The van der Waals surface area contributed by atoms with Crippen molar-refractivity contribution in [2.75, 3.05) is 7.11 Å². The van der Waals surface area contributed by atoms with Gasteiger partial charge in [0.25, 0.3) is 5.91 Å². The minimum Gasteiger partial charge on any atom is -0.497 e. The van der Waals surface area contributed by atoms with Gasteiger partial charge in [-0.3, -0.25) is 4.79 Å². The van der Waals surface area contributed by atoms with Crippen molar-refractivity contribution >= 4 is 12.0 Å². The number of nitrogens with zero attached hydrogens (tertiary/aromatic N) is 1. The summed E-state index contributed by atoms with van der Waals surface area (Å²) in [5.41, 5.74) is 2.37. The van der Waals surface area contributed by atoms with Gasteiger partial charge in [0.15, 0.2) is 0 Å². The average molecular weight is 489 g/mol. The number of methoxy groups -OCH3 is 1. The second kappa shape index (κ2) is 10.7. The van der Waals surface area contributed by atoms with Gasteiger partial charge in [-0.1, -0.05) is 54.6 Å². The van der Waals surface area contributed by atoms with Gasteiger partial charge >= 0.3 is 6.09 Å². The zero-order chi connectivity index (χ0) is 25.7. The first kappa shape index (κ1) is 25.1. The van der Waals surface area contributed by atoms with E-state index >= 15 is 0 Å². The van der Waals surface area contributed by atoms with Crippen LogP contribution in [-0.2, 0) is 22.6 Å². The molecule has 0 bridgehead atoms. The predicted octanol–water partition coefficient (Wildman–Crippen LogP) is 5.25. The number of nitrogens with one attached hydrogen (secondary N) is 1. The average Bonchev–Trinajstić information content (AvgIpc) is 2.87. The maximum absolute atomic E-state index is 13.2. The van der Waals surface area contributed by atoms with Crippen LogP contribution in [0.5, 0.6) is 11.5 Å². The Balaban J connectivity index is 1.44. The Morgan fingerprint density at radius 2 is 1.53 bits per heavy atom. The Morgan fingerprint density at radius 3 is 2.14 bits per heavy atom. The normalized spacial score (nSPS) is 17.2. The third-order valence-corrected chi connectivity index (χ3v) is 5.82. The van der Waals surface area contributed by atoms with E-state index in [0.717, 1.165) is 22.4 Å². The fourth-order valence-corrected chi connectivity index (χ4v) is 4.06. The molecule has 188 valence electrons. The van der Waals surface area contributed by atoms with Gasteiger partial charge < -0.3 is 24.4 Å². The lowest BCUT2D eigenvalue weighted by Gasteiger charge is -2.47. The molecule has 2 atom stereocenters. The summed E-state index contributed by atoms with van der Waals surface area (Å²) in [6.45, 7) is 6.29. The molecule has 4 rings (SSSR count). The summed E-state index contributed by atoms with van der Waals surface area (Å²) in [6.07, 6.45) is -1.05. The molecule has 1 N–H and O–H groups in total. The molecule has 7 heteroatoms. The van der Waals surface area contributed by atoms with Crippen molar-refractivity contribution in [2.24, 2.45) is 0 Å². The molecule has 7 nitrogen and oxygen atoms in total. The van der Waals surface area contributed by atoms with Crippen LogP contribution in [-0.4, -0.2) is 35.7 Å². The fourth-order valence-electron chi connectivity index (χ4n) is 4.06. The standard InChI is InChI=1S/C29H32N2O5/c1-29(2,3)36-28(33)30-18-20-10-12-21(13-11-20)19-31-25(22-14-16-23(34-4)17-15-22)26(27(31)32)35-24-8-6-5-7-9-24/h5-17,25-26H,18-19H2,1-4H3,(H,30,33)/t25-,26+/m1/s1. The number of amides is 2. The summed E-state index contributed by atoms with van der Waals surface area (Å²) in [5.74, 6) is 1.36. The number of alkyl carbamates (subject to hydrolysis) is 1. The Bertz CT molecular complexity index is 1170. The molecular formula is C29H32N2O5. The first-order valence-corrected chi connectivity index (χ1v) is 11.9. The zero-order valence-corrected chi connectivity index (χ0v) is 21.1. The number of para-hydroxylation sites is 1. The van der Waals surface area contributed by atoms with Crippen molar-refractivity contribution in [1.82, 2.24) is 10.2 Å². The smallest absolute Gasteiger partial charge is 0.407 e. The highest BCUT2D eigenvalue weighted by Gasteiger charge is 2.50. The number of hydrogen-bond acceptors (Lipinski definition) is 5. The Labute approximate surface area is 212 Å². The lowest BCUT2D eigenvalue weighted by molar-refractivity contribution is -0.165. The molecule has 0 aromatic heterocycles. The van der Waals surface area contributed by atoms with Crippen LogP contribution in [0.1, 0.15) is 43.5 Å². The fraction of sp³-hybridized carbons (Fsp3) is 0.310. The summed E-state index contributed by atoms with van der Waals surface area (Å²) in [5, 5.41) is 2.76. The summed E-state index contributed by atoms with van der Waals surface area (Å²) < 4.78 is 16.7. The predicted molar refractivity (Wildman–Crippen MR) is 137 cm³/mol. The van der Waals surface area contributed by atoms with Crippen molar-refractivity contribution in [3.63, 3.8) is 0 Å². The molecule has 1 aliphatic rings. The van der Waals surface area contributed by atoms with Gasteiger partial charge in [-0.05, 0) is 61.7 Å². The Hall–Kier alpha value is -4.00. The first-order chi connectivity index (χ1) is 17.2. The maximum atomic E-state index is 13.2. The molecule has 3 aromatic carbocycles. The quantitative estimate of drug-likeness (QED) is 0.438. The molecule has 0 saturated carbocycles. The van der Waals surface area contributed by atoms with Crippen molar-refractivity contribution in [2.45, 2.75) is 51.6 Å². The van der Waals surface area contributed by atoms with Crippen molar-refractivity contribution in [3.05, 3.63) is 95.6 Å². The minimum absolute atomic E-state index is 0.0599. The third kappa shape index (κ3) is 6.16. The molecule has 1 saturated heterocycles. The van der Waals surface area contributed by atoms with Gasteiger partial charge in [-0.2, -0.15) is 0 Å². The molecule has 0 unspecified atom stereocenters. The number of ether oxygens (including phenoxy) is 3. The number of likely N-dealkylation sites (tertiary alicyclic amines) is 1. The highest BCUT2D eigenvalue weighted by atomic mass is 16.6. The van der Waals surface area contributed by atoms with Gasteiger partial charge in [0, 0.05) is 13.1 Å². The van der Waals surface area contributed by atoms with Gasteiger partial charge in [0.2, 0.25) is 6.10 Å². The summed E-state index contributed by atoms with van der Waals surface area (Å²) in [6, 6.07) is 24.7. The van der Waals surface area contributed by atoms with E-state index in [9.17, 15) is 9.59 Å². The van der Waals surface area contributed by atoms with E-state index in [-0.39, 0.29) is 11.9 Å². The van der Waals surface area contributed by atoms with E-state index in [1.807, 2.05) is 105 Å². The maximum Gasteiger partial charge on any atom is 0.407 e. The van der Waals surface area contributed by atoms with E-state index in [4.69, 9.17) is 14.2 Å². The van der Waals surface area contributed by atoms with Gasteiger partial charge in [-0.25, -0.2) is 4.79 Å². The van der Waals surface area contributed by atoms with Crippen LogP contribution in [0.4, 0.5) is 4.79 Å². The zero-order valence-electron chi connectivity index (χ0n) is 21.1. The topological polar surface area (TPSA) is 77.1 Å². The van der Waals surface area contributed by atoms with E-state index in [2.05, 4.69) is 5.32 Å². The van der Waals surface area contributed by atoms with Gasteiger partial charge in [-0.15, -0.1) is 0 Å². The monoisotopic (exact) mass is 488 g/mol. The Morgan fingerprint density at radius 1 is 0.889 bits per heavy atom. The molecule has 0 aliphatic carbocycles. The largest absolute Gasteiger partial charge is 0.497 e. The number of benzene rings is 3. The molecule has 36 heavy (non-hydrogen) atoms. The Kier molecular flexibility index (Phi) is 7.48. The number of carbonyl (C=O) groups excluding carboxylic acids is 2. The second-order valence-electron chi connectivity index (χ2n) is 9.71. The number of β-lactam (4-membered cyclic amide) rings is 1. The molecular weight excluding hydrogens is 456 g/mol. The van der Waals surface area contributed by atoms with E-state index in [1.165, 1.54) is 0 Å². The second-order valence-corrected chi connectivity index (χ2v) is 9.71. The minimum atomic E-state index is -0.599. The van der Waals surface area contributed by atoms with E-state index < -0.39 is 17.8 Å². The van der Waals surface area contributed by atoms with Crippen LogP contribution in [0, 0.1) is 0 Å². The van der Waals surface area contributed by atoms with Crippen LogP contribution in [0.3, 0.4) is 0 Å². The number of hydrogen-bond donors (Lipinski definition) is 1. The molecule has 0 spiro atoms. The lowest BCUT2D eigenvalue weighted by Crippen LogP contribution is -2.60. The lowest BCUT2D eigenvalue weighted by atomic mass is 9.89. The van der Waals surface area contributed by atoms with Crippen molar-refractivity contribution in [1.29, 1.82) is 0 Å². The molecule has 0 radical (unpaired) electrons. The summed E-state index contributed by atoms with van der Waals surface area (Å²) >= 11 is 0. The SMILES string of the molecule is COc1ccc([C@@H]2[C@H](Oc3ccccc3)C(=O)N2Cc2ccc(CNC(=O)OC(C)(C)C)cc2)cc1. The van der Waals surface area contributed by atoms with E-state index in [0.29, 0.717) is 18.8 Å². The molecule has 1 aliphatic heterocycles. The van der Waals surface area contributed by atoms with Crippen LogP contribution in [0.15, 0.2) is 78.9 Å². The highest BCUT2D eigenvalue weighted by Crippen LogP contribution is 2.39. The van der Waals surface area contributed by atoms with Crippen LogP contribution in [0.25, 0.3) is 0 Å².